The number of aromatic nitrogens is 2. The van der Waals surface area contributed by atoms with Gasteiger partial charge in [0.2, 0.25) is 0 Å². The van der Waals surface area contributed by atoms with Gasteiger partial charge in [0.25, 0.3) is 0 Å². The summed E-state index contributed by atoms with van der Waals surface area (Å²) in [6.45, 7) is 0. The first-order valence-corrected chi connectivity index (χ1v) is 19.7. The quantitative estimate of drug-likeness (QED) is 0.166. The molecule has 0 radical (unpaired) electrons. The number of hydrogen-bond acceptors (Lipinski definition) is 2. The van der Waals surface area contributed by atoms with Gasteiger partial charge in [-0.25, -0.2) is 4.98 Å². The highest BCUT2D eigenvalue weighted by molar-refractivity contribution is 6.26. The van der Waals surface area contributed by atoms with Gasteiger partial charge in [-0.3, -0.25) is 4.98 Å². The lowest BCUT2D eigenvalue weighted by molar-refractivity contribution is 0.794. The molecule has 2 heteroatoms. The van der Waals surface area contributed by atoms with Crippen molar-refractivity contribution in [1.82, 2.24) is 9.97 Å². The summed E-state index contributed by atoms with van der Waals surface area (Å²) in [5.41, 5.74) is 16.4. The first-order chi connectivity index (χ1) is 28.3. The molecule has 2 aliphatic carbocycles. The molecule has 0 N–H and O–H groups in total. The van der Waals surface area contributed by atoms with E-state index in [1.807, 2.05) is 12.3 Å². The number of hydrogen-bond donors (Lipinski definition) is 0. The zero-order chi connectivity index (χ0) is 37.2. The first-order valence-electron chi connectivity index (χ1n) is 19.7. The van der Waals surface area contributed by atoms with E-state index in [1.54, 1.807) is 0 Å². The Labute approximate surface area is 329 Å². The van der Waals surface area contributed by atoms with Gasteiger partial charge in [-0.05, 0) is 112 Å². The highest BCUT2D eigenvalue weighted by Crippen LogP contribution is 2.64. The van der Waals surface area contributed by atoms with E-state index in [-0.39, 0.29) is 0 Å². The summed E-state index contributed by atoms with van der Waals surface area (Å²) in [6.07, 6.45) is 1.86. The van der Waals surface area contributed by atoms with Crippen LogP contribution in [0.5, 0.6) is 0 Å². The average Bonchev–Trinajstić information content (AvgIpc) is 3.76. The van der Waals surface area contributed by atoms with Gasteiger partial charge in [-0.1, -0.05) is 164 Å². The predicted molar refractivity (Wildman–Crippen MR) is 237 cm³/mol. The molecule has 1 spiro atoms. The smallest absolute Gasteiger partial charge is 0.0972 e. The molecule has 0 amide bonds. The van der Waals surface area contributed by atoms with Gasteiger partial charge < -0.3 is 0 Å². The van der Waals surface area contributed by atoms with Crippen LogP contribution in [-0.4, -0.2) is 9.97 Å². The van der Waals surface area contributed by atoms with E-state index in [0.717, 1.165) is 33.1 Å². The third-order valence-corrected chi connectivity index (χ3v) is 12.9. The normalized spacial score (nSPS) is 13.4. The molecule has 0 unspecified atom stereocenters. The maximum absolute atomic E-state index is 5.32. The SMILES string of the molecule is c1ccc2c(c1)-c1ccccc1C21c2ccc(-c3ccc4ccc5cccnc5c4n3)cc2-c2c(-c3ccc4c5ccccc5c5ccccc5c4c3)cccc21. The number of nitrogens with zero attached hydrogens (tertiary/aromatic N) is 2. The first kappa shape index (κ1) is 30.9. The minimum atomic E-state index is -0.455. The van der Waals surface area contributed by atoms with Crippen LogP contribution in [0.25, 0.3) is 98.8 Å². The third-order valence-electron chi connectivity index (χ3n) is 12.9. The van der Waals surface area contributed by atoms with Crippen LogP contribution >= 0.6 is 0 Å². The second-order valence-corrected chi connectivity index (χ2v) is 15.6. The summed E-state index contributed by atoms with van der Waals surface area (Å²) in [5.74, 6) is 0. The molecule has 262 valence electrons. The molecular weight excluding hydrogens is 689 g/mol. The van der Waals surface area contributed by atoms with Gasteiger partial charge in [0, 0.05) is 22.5 Å². The van der Waals surface area contributed by atoms with E-state index in [0.29, 0.717) is 0 Å². The van der Waals surface area contributed by atoms with Crippen molar-refractivity contribution in [3.63, 3.8) is 0 Å². The van der Waals surface area contributed by atoms with Crippen LogP contribution in [0.15, 0.2) is 194 Å². The molecule has 0 atom stereocenters. The Morgan fingerprint density at radius 1 is 0.333 bits per heavy atom. The molecular formula is C55H32N2. The highest BCUT2D eigenvalue weighted by Gasteiger charge is 2.52. The van der Waals surface area contributed by atoms with Crippen LogP contribution < -0.4 is 0 Å². The Morgan fingerprint density at radius 3 is 1.63 bits per heavy atom. The summed E-state index contributed by atoms with van der Waals surface area (Å²) in [5, 5.41) is 9.89. The molecule has 0 fully saturated rings. The zero-order valence-electron chi connectivity index (χ0n) is 30.9. The summed E-state index contributed by atoms with van der Waals surface area (Å²) >= 11 is 0. The van der Waals surface area contributed by atoms with Crippen LogP contribution in [0.3, 0.4) is 0 Å². The fourth-order valence-electron chi connectivity index (χ4n) is 10.6. The number of rotatable bonds is 2. The maximum Gasteiger partial charge on any atom is 0.0972 e. The molecule has 0 saturated carbocycles. The van der Waals surface area contributed by atoms with Crippen molar-refractivity contribution in [3.8, 4) is 44.6 Å². The van der Waals surface area contributed by atoms with Crippen molar-refractivity contribution in [1.29, 1.82) is 0 Å². The minimum Gasteiger partial charge on any atom is -0.254 e. The van der Waals surface area contributed by atoms with Crippen molar-refractivity contribution in [3.05, 3.63) is 217 Å². The largest absolute Gasteiger partial charge is 0.254 e. The maximum atomic E-state index is 5.32. The molecule has 9 aromatic carbocycles. The van der Waals surface area contributed by atoms with Gasteiger partial charge in [0.05, 0.1) is 22.1 Å². The summed E-state index contributed by atoms with van der Waals surface area (Å²) in [6, 6.07) is 69.7. The van der Waals surface area contributed by atoms with Crippen molar-refractivity contribution in [2.75, 3.05) is 0 Å². The minimum absolute atomic E-state index is 0.455. The lowest BCUT2D eigenvalue weighted by atomic mass is 9.70. The molecule has 0 bridgehead atoms. The molecule has 11 aromatic rings. The number of benzene rings is 9. The van der Waals surface area contributed by atoms with Gasteiger partial charge in [-0.15, -0.1) is 0 Å². The second-order valence-electron chi connectivity index (χ2n) is 15.6. The van der Waals surface area contributed by atoms with E-state index < -0.39 is 5.41 Å². The Morgan fingerprint density at radius 2 is 0.895 bits per heavy atom. The average molecular weight is 721 g/mol. The Kier molecular flexibility index (Phi) is 6.13. The van der Waals surface area contributed by atoms with Gasteiger partial charge in [0.15, 0.2) is 0 Å². The monoisotopic (exact) mass is 720 g/mol. The third kappa shape index (κ3) is 4.04. The van der Waals surface area contributed by atoms with Crippen LogP contribution in [0.1, 0.15) is 22.3 Å². The Hall–Kier alpha value is -7.42. The van der Waals surface area contributed by atoms with E-state index in [9.17, 15) is 0 Å². The van der Waals surface area contributed by atoms with Gasteiger partial charge in [-0.2, -0.15) is 0 Å². The molecule has 57 heavy (non-hydrogen) atoms. The van der Waals surface area contributed by atoms with Gasteiger partial charge >= 0.3 is 0 Å². The number of pyridine rings is 2. The van der Waals surface area contributed by atoms with Crippen molar-refractivity contribution < 1.29 is 0 Å². The number of fused-ring (bicyclic) bond motifs is 19. The van der Waals surface area contributed by atoms with Crippen LogP contribution in [0.4, 0.5) is 0 Å². The molecule has 2 aliphatic rings. The lowest BCUT2D eigenvalue weighted by Gasteiger charge is -2.30. The van der Waals surface area contributed by atoms with Crippen LogP contribution in [0, 0.1) is 0 Å². The Balaban J connectivity index is 1.11. The van der Waals surface area contributed by atoms with E-state index in [1.165, 1.54) is 88.0 Å². The fraction of sp³-hybridized carbons (Fsp3) is 0.0182. The second kappa shape index (κ2) is 11.3. The standard InChI is InChI=1S/C55H32N2/c1-2-14-40-38(12-1)39-13-3-4-15-41(39)45-31-35(24-27-42(40)45)37-18-9-21-50-52(37)46-32-36(51-29-26-34-23-22-33-11-10-30-56-53(33)54(34)57-51)25-28-49(46)55(50)47-19-7-5-16-43(47)44-17-6-8-20-48(44)55/h1-32H. The van der Waals surface area contributed by atoms with E-state index in [4.69, 9.17) is 9.97 Å². The molecule has 0 saturated heterocycles. The van der Waals surface area contributed by atoms with Crippen LogP contribution in [-0.2, 0) is 5.41 Å². The lowest BCUT2D eigenvalue weighted by Crippen LogP contribution is -2.25. The summed E-state index contributed by atoms with van der Waals surface area (Å²) < 4.78 is 0. The molecule has 2 heterocycles. The molecule has 2 nitrogen and oxygen atoms in total. The molecule has 2 aromatic heterocycles. The van der Waals surface area contributed by atoms with Crippen LogP contribution in [0.2, 0.25) is 0 Å². The Bertz CT molecular complexity index is 3460. The van der Waals surface area contributed by atoms with E-state index in [2.05, 4.69) is 182 Å². The summed E-state index contributed by atoms with van der Waals surface area (Å²) in [7, 11) is 0. The van der Waals surface area contributed by atoms with Crippen molar-refractivity contribution in [2.45, 2.75) is 5.41 Å². The highest BCUT2D eigenvalue weighted by atomic mass is 14.8. The fourth-order valence-corrected chi connectivity index (χ4v) is 10.6. The summed E-state index contributed by atoms with van der Waals surface area (Å²) in [4.78, 5) is 10.1. The van der Waals surface area contributed by atoms with Gasteiger partial charge in [0.1, 0.15) is 0 Å². The van der Waals surface area contributed by atoms with E-state index >= 15 is 0 Å². The van der Waals surface area contributed by atoms with Crippen molar-refractivity contribution in [2.24, 2.45) is 0 Å². The molecule has 0 aliphatic heterocycles. The van der Waals surface area contributed by atoms with Crippen molar-refractivity contribution >= 4 is 54.1 Å². The molecule has 13 rings (SSSR count). The topological polar surface area (TPSA) is 25.8 Å². The predicted octanol–water partition coefficient (Wildman–Crippen LogP) is 13.9. The zero-order valence-corrected chi connectivity index (χ0v) is 30.9.